The third kappa shape index (κ3) is 7.01. The highest BCUT2D eigenvalue weighted by molar-refractivity contribution is 6.31. The van der Waals surface area contributed by atoms with E-state index in [0.717, 1.165) is 41.1 Å². The van der Waals surface area contributed by atoms with Crippen LogP contribution < -0.4 is 12.4 Å². The molecule has 1 aliphatic heterocycles. The molecule has 0 bridgehead atoms. The lowest BCUT2D eigenvalue weighted by Gasteiger charge is -2.40. The fourth-order valence-corrected chi connectivity index (χ4v) is 3.64. The molecule has 1 fully saturated rings. The summed E-state index contributed by atoms with van der Waals surface area (Å²) < 4.78 is 6.03. The zero-order valence-corrected chi connectivity index (χ0v) is 16.8. The maximum absolute atomic E-state index is 12.0. The van der Waals surface area contributed by atoms with Crippen LogP contribution in [0, 0.1) is 0 Å². The molecule has 25 heavy (non-hydrogen) atoms. The van der Waals surface area contributed by atoms with Crippen LogP contribution in [0.25, 0.3) is 0 Å². The Morgan fingerprint density at radius 1 is 1.24 bits per heavy atom. The summed E-state index contributed by atoms with van der Waals surface area (Å²) in [6.45, 7) is 7.99. The Hall–Kier alpha value is -1.03. The number of carbonyl (C=O) groups is 1. The molecule has 2 rings (SSSR count). The first-order chi connectivity index (χ1) is 11.5. The molecule has 1 aromatic rings. The van der Waals surface area contributed by atoms with Crippen molar-refractivity contribution in [1.82, 2.24) is 0 Å². The van der Waals surface area contributed by atoms with E-state index in [-0.39, 0.29) is 18.4 Å². The van der Waals surface area contributed by atoms with Crippen LogP contribution in [0.2, 0.25) is 5.02 Å². The number of hydrogen-bond acceptors (Lipinski definition) is 2. The van der Waals surface area contributed by atoms with Crippen LogP contribution in [0.15, 0.2) is 35.9 Å². The van der Waals surface area contributed by atoms with E-state index >= 15 is 0 Å². The van der Waals surface area contributed by atoms with Crippen LogP contribution in [-0.2, 0) is 16.0 Å². The highest BCUT2D eigenvalue weighted by Crippen LogP contribution is 2.22. The molecule has 0 spiro atoms. The summed E-state index contributed by atoms with van der Waals surface area (Å²) in [5.41, 5.74) is 2.46. The van der Waals surface area contributed by atoms with E-state index in [1.807, 2.05) is 25.1 Å². The van der Waals surface area contributed by atoms with Gasteiger partial charge in [0.05, 0.1) is 26.2 Å². The molecule has 0 atom stereocenters. The largest absolute Gasteiger partial charge is 1.00 e. The summed E-state index contributed by atoms with van der Waals surface area (Å²) in [6, 6.07) is 7.99. The minimum absolute atomic E-state index is 0. The molecule has 0 unspecified atom stereocenters. The van der Waals surface area contributed by atoms with Gasteiger partial charge in [-0.3, -0.25) is 0 Å². The maximum atomic E-state index is 12.0. The van der Waals surface area contributed by atoms with Gasteiger partial charge in [0.25, 0.3) is 0 Å². The standard InChI is InChI=1S/C20H29ClNO2.ClH/c1-3-24-20(23)16-22(12-7-4-8-13-22)14-11-17(2)15-18-9-5-6-10-19(18)21;/h5-6,9-11H,3-4,7-8,12-16H2,1-2H3;1H/q+1;/p-1/b17-11+;. The number of quaternary nitrogens is 1. The average Bonchev–Trinajstić information content (AvgIpc) is 2.56. The number of esters is 1. The Kier molecular flexibility index (Phi) is 9.55. The van der Waals surface area contributed by atoms with Crippen LogP contribution in [0.4, 0.5) is 0 Å². The van der Waals surface area contributed by atoms with Crippen molar-refractivity contribution in [2.75, 3.05) is 32.8 Å². The van der Waals surface area contributed by atoms with Crippen LogP contribution >= 0.6 is 11.6 Å². The second kappa shape index (κ2) is 10.8. The number of allylic oxidation sites excluding steroid dienone is 1. The van der Waals surface area contributed by atoms with Crippen LogP contribution in [0.1, 0.15) is 38.7 Å². The van der Waals surface area contributed by atoms with E-state index < -0.39 is 0 Å². The van der Waals surface area contributed by atoms with Gasteiger partial charge in [-0.2, -0.15) is 0 Å². The maximum Gasteiger partial charge on any atom is 0.361 e. The summed E-state index contributed by atoms with van der Waals surface area (Å²) in [5.74, 6) is -0.0726. The molecule has 0 N–H and O–H groups in total. The van der Waals surface area contributed by atoms with Gasteiger partial charge < -0.3 is 21.6 Å². The van der Waals surface area contributed by atoms with Gasteiger partial charge in [-0.05, 0) is 57.2 Å². The minimum atomic E-state index is -0.0726. The molecule has 0 amide bonds. The number of nitrogens with zero attached hydrogens (tertiary/aromatic N) is 1. The molecule has 1 saturated heterocycles. The van der Waals surface area contributed by atoms with Crippen molar-refractivity contribution < 1.29 is 26.4 Å². The Morgan fingerprint density at radius 3 is 2.56 bits per heavy atom. The van der Waals surface area contributed by atoms with Crippen LogP contribution in [0.5, 0.6) is 0 Å². The topological polar surface area (TPSA) is 26.3 Å². The summed E-state index contributed by atoms with van der Waals surface area (Å²) in [4.78, 5) is 12.0. The predicted octanol–water partition coefficient (Wildman–Crippen LogP) is 1.40. The SMILES string of the molecule is CCOC(=O)C[N+]1(C/C=C(\C)Cc2ccccc2Cl)CCCCC1.[Cl-]. The summed E-state index contributed by atoms with van der Waals surface area (Å²) in [7, 11) is 0. The lowest BCUT2D eigenvalue weighted by molar-refractivity contribution is -0.920. The molecule has 140 valence electrons. The number of benzene rings is 1. The van der Waals surface area contributed by atoms with Gasteiger partial charge in [-0.1, -0.05) is 35.4 Å². The fourth-order valence-electron chi connectivity index (χ4n) is 3.43. The molecule has 3 nitrogen and oxygen atoms in total. The number of piperidine rings is 1. The van der Waals surface area contributed by atoms with Gasteiger partial charge >= 0.3 is 5.97 Å². The predicted molar refractivity (Wildman–Crippen MR) is 99.1 cm³/mol. The normalized spacial score (nSPS) is 16.8. The van der Waals surface area contributed by atoms with Gasteiger partial charge in [0, 0.05) is 5.02 Å². The summed E-state index contributed by atoms with van der Waals surface area (Å²) in [5, 5.41) is 0.818. The Bertz CT molecular complexity index is 581. The Labute approximate surface area is 163 Å². The van der Waals surface area contributed by atoms with Crippen molar-refractivity contribution in [3.8, 4) is 0 Å². The van der Waals surface area contributed by atoms with Crippen molar-refractivity contribution >= 4 is 17.6 Å². The summed E-state index contributed by atoms with van der Waals surface area (Å²) >= 11 is 6.26. The van der Waals surface area contributed by atoms with E-state index in [9.17, 15) is 4.79 Å². The van der Waals surface area contributed by atoms with E-state index in [1.54, 1.807) is 0 Å². The van der Waals surface area contributed by atoms with E-state index in [1.165, 1.54) is 24.8 Å². The van der Waals surface area contributed by atoms with Crippen molar-refractivity contribution in [2.24, 2.45) is 0 Å². The number of halogens is 2. The third-order valence-electron chi connectivity index (χ3n) is 4.79. The van der Waals surface area contributed by atoms with Crippen LogP contribution in [0.3, 0.4) is 0 Å². The van der Waals surface area contributed by atoms with Crippen molar-refractivity contribution in [3.63, 3.8) is 0 Å². The quantitative estimate of drug-likeness (QED) is 0.402. The Balaban J connectivity index is 0.00000312. The third-order valence-corrected chi connectivity index (χ3v) is 5.16. The van der Waals surface area contributed by atoms with Crippen LogP contribution in [-0.4, -0.2) is 43.2 Å². The van der Waals surface area contributed by atoms with Gasteiger partial charge in [-0.15, -0.1) is 0 Å². The van der Waals surface area contributed by atoms with Gasteiger partial charge in [0.15, 0.2) is 6.54 Å². The first-order valence-corrected chi connectivity index (χ1v) is 9.32. The highest BCUT2D eigenvalue weighted by Gasteiger charge is 2.32. The van der Waals surface area contributed by atoms with Crippen molar-refractivity contribution in [2.45, 2.75) is 39.5 Å². The number of rotatable bonds is 7. The smallest absolute Gasteiger partial charge is 0.361 e. The van der Waals surface area contributed by atoms with E-state index in [2.05, 4.69) is 19.1 Å². The second-order valence-corrected chi connectivity index (χ2v) is 7.22. The molecule has 1 aromatic carbocycles. The van der Waals surface area contributed by atoms with Crippen molar-refractivity contribution in [1.29, 1.82) is 0 Å². The number of ether oxygens (including phenoxy) is 1. The highest BCUT2D eigenvalue weighted by atomic mass is 35.5. The molecule has 0 radical (unpaired) electrons. The van der Waals surface area contributed by atoms with Gasteiger partial charge in [0.2, 0.25) is 0 Å². The zero-order valence-electron chi connectivity index (χ0n) is 15.3. The average molecular weight is 386 g/mol. The Morgan fingerprint density at radius 2 is 1.92 bits per heavy atom. The first kappa shape index (κ1) is 22.0. The lowest BCUT2D eigenvalue weighted by atomic mass is 10.0. The number of likely N-dealkylation sites (tertiary alicyclic amines) is 1. The molecule has 0 aliphatic carbocycles. The molecule has 1 heterocycles. The fraction of sp³-hybridized carbons (Fsp3) is 0.550. The van der Waals surface area contributed by atoms with Gasteiger partial charge in [0.1, 0.15) is 0 Å². The molecule has 0 saturated carbocycles. The summed E-state index contributed by atoms with van der Waals surface area (Å²) in [6.07, 6.45) is 6.80. The van der Waals surface area contributed by atoms with E-state index in [0.29, 0.717) is 13.2 Å². The molecule has 0 aromatic heterocycles. The van der Waals surface area contributed by atoms with Gasteiger partial charge in [-0.25, -0.2) is 4.79 Å². The molecular formula is C20H29Cl2NO2. The molecular weight excluding hydrogens is 357 g/mol. The molecule has 1 aliphatic rings. The number of hydrogen-bond donors (Lipinski definition) is 0. The number of carbonyl (C=O) groups excluding carboxylic acids is 1. The minimum Gasteiger partial charge on any atom is -1.00 e. The monoisotopic (exact) mass is 385 g/mol. The zero-order chi connectivity index (χ0) is 17.4. The lowest BCUT2D eigenvalue weighted by Crippen LogP contribution is -3.00. The second-order valence-electron chi connectivity index (χ2n) is 6.81. The van der Waals surface area contributed by atoms with Crippen molar-refractivity contribution in [3.05, 3.63) is 46.5 Å². The van der Waals surface area contributed by atoms with E-state index in [4.69, 9.17) is 16.3 Å². The molecule has 5 heteroatoms. The first-order valence-electron chi connectivity index (χ1n) is 8.94.